The smallest absolute Gasteiger partial charge is 0.241 e. The second-order valence-electron chi connectivity index (χ2n) is 7.44. The average molecular weight is 456 g/mol. The van der Waals surface area contributed by atoms with E-state index >= 15 is 0 Å². The average Bonchev–Trinajstić information content (AvgIpc) is 3.22. The molecule has 1 aliphatic rings. The summed E-state index contributed by atoms with van der Waals surface area (Å²) in [6, 6.07) is 12.2. The predicted octanol–water partition coefficient (Wildman–Crippen LogP) is 1.17. The summed E-state index contributed by atoms with van der Waals surface area (Å²) in [6.45, 7) is 0.602. The molecule has 4 N–H and O–H groups in total. The minimum atomic E-state index is -4.05. The third kappa shape index (κ3) is 5.64. The van der Waals surface area contributed by atoms with Crippen LogP contribution in [0.1, 0.15) is 18.4 Å². The first kappa shape index (κ1) is 22.8. The lowest BCUT2D eigenvalue weighted by molar-refractivity contribution is 0.492. The molecule has 7 nitrogen and oxygen atoms in total. The van der Waals surface area contributed by atoms with Crippen LogP contribution < -0.4 is 15.8 Å². The minimum Gasteiger partial charge on any atom is -0.326 e. The zero-order chi connectivity index (χ0) is 21.8. The number of hydrogen-bond donors (Lipinski definition) is 3. The molecule has 0 aliphatic carbocycles. The summed E-state index contributed by atoms with van der Waals surface area (Å²) >= 11 is 0. The van der Waals surface area contributed by atoms with Gasteiger partial charge in [0.25, 0.3) is 0 Å². The van der Waals surface area contributed by atoms with Crippen molar-refractivity contribution >= 4 is 19.9 Å². The van der Waals surface area contributed by atoms with Gasteiger partial charge in [0.1, 0.15) is 11.2 Å². The van der Waals surface area contributed by atoms with Crippen molar-refractivity contribution in [3.05, 3.63) is 66.0 Å². The Labute approximate surface area is 176 Å². The maximum atomic E-state index is 13.9. The first-order valence-corrected chi connectivity index (χ1v) is 12.9. The Balaban J connectivity index is 1.81. The van der Waals surface area contributed by atoms with E-state index in [0.717, 1.165) is 6.42 Å². The molecule has 0 spiro atoms. The molecule has 1 aliphatic heterocycles. The van der Waals surface area contributed by atoms with Gasteiger partial charge < -0.3 is 11.1 Å². The van der Waals surface area contributed by atoms with Crippen LogP contribution in [0.15, 0.2) is 59.5 Å². The van der Waals surface area contributed by atoms with E-state index in [1.54, 1.807) is 36.4 Å². The zero-order valence-electron chi connectivity index (χ0n) is 16.4. The molecule has 2 aromatic rings. The lowest BCUT2D eigenvalue weighted by atomic mass is 10.1. The topological polar surface area (TPSA) is 118 Å². The summed E-state index contributed by atoms with van der Waals surface area (Å²) in [5, 5.41) is 1.70. The van der Waals surface area contributed by atoms with E-state index in [9.17, 15) is 21.2 Å². The van der Waals surface area contributed by atoms with E-state index in [1.807, 2.05) is 0 Å². The van der Waals surface area contributed by atoms with Gasteiger partial charge >= 0.3 is 0 Å². The highest BCUT2D eigenvalue weighted by Gasteiger charge is 2.39. The van der Waals surface area contributed by atoms with Gasteiger partial charge in [-0.2, -0.15) is 4.72 Å². The molecule has 2 unspecified atom stereocenters. The maximum Gasteiger partial charge on any atom is 0.241 e. The van der Waals surface area contributed by atoms with Crippen LogP contribution in [-0.4, -0.2) is 46.6 Å². The van der Waals surface area contributed by atoms with Crippen LogP contribution in [0.5, 0.6) is 0 Å². The summed E-state index contributed by atoms with van der Waals surface area (Å²) in [7, 11) is -8.03. The van der Waals surface area contributed by atoms with Crippen molar-refractivity contribution in [2.24, 2.45) is 5.73 Å². The SMILES string of the molecule is NC(Cc1ccccc1F)CS(=O)(=O)[C@H](NS(=O)(=O)c1ccccc1)C1CCCN1. The van der Waals surface area contributed by atoms with Gasteiger partial charge in [-0.3, -0.25) is 0 Å². The number of sulfone groups is 1. The van der Waals surface area contributed by atoms with E-state index < -0.39 is 48.9 Å². The number of benzene rings is 2. The van der Waals surface area contributed by atoms with Crippen LogP contribution >= 0.6 is 0 Å². The third-order valence-corrected chi connectivity index (χ3v) is 8.78. The molecule has 0 radical (unpaired) electrons. The van der Waals surface area contributed by atoms with E-state index in [-0.39, 0.29) is 11.3 Å². The number of sulfonamides is 1. The molecule has 0 saturated carbocycles. The first-order chi connectivity index (χ1) is 14.2. The van der Waals surface area contributed by atoms with Crippen molar-refractivity contribution in [1.29, 1.82) is 0 Å². The molecule has 3 atom stereocenters. The number of nitrogens with two attached hydrogens (primary N) is 1. The fourth-order valence-corrected chi connectivity index (χ4v) is 7.35. The number of rotatable bonds is 9. The Morgan fingerprint density at radius 1 is 1.07 bits per heavy atom. The largest absolute Gasteiger partial charge is 0.326 e. The number of halogens is 1. The van der Waals surface area contributed by atoms with Gasteiger partial charge in [0.05, 0.1) is 10.6 Å². The van der Waals surface area contributed by atoms with E-state index in [2.05, 4.69) is 10.0 Å². The normalized spacial score (nSPS) is 19.5. The molecule has 30 heavy (non-hydrogen) atoms. The molecule has 0 aromatic heterocycles. The zero-order valence-corrected chi connectivity index (χ0v) is 18.0. The summed E-state index contributed by atoms with van der Waals surface area (Å²) in [5.74, 6) is -0.925. The van der Waals surface area contributed by atoms with Crippen LogP contribution in [0, 0.1) is 5.82 Å². The Kier molecular flexibility index (Phi) is 7.25. The van der Waals surface area contributed by atoms with Gasteiger partial charge in [0.2, 0.25) is 10.0 Å². The predicted molar refractivity (Wildman–Crippen MR) is 113 cm³/mol. The highest BCUT2D eigenvalue weighted by atomic mass is 32.2. The lowest BCUT2D eigenvalue weighted by Crippen LogP contribution is -2.54. The second-order valence-corrected chi connectivity index (χ2v) is 11.3. The van der Waals surface area contributed by atoms with Crippen molar-refractivity contribution in [2.45, 2.75) is 41.6 Å². The fraction of sp³-hybridized carbons (Fsp3) is 0.400. The van der Waals surface area contributed by atoms with Gasteiger partial charge in [-0.25, -0.2) is 21.2 Å². The van der Waals surface area contributed by atoms with Crippen molar-refractivity contribution in [2.75, 3.05) is 12.3 Å². The Morgan fingerprint density at radius 2 is 1.73 bits per heavy atom. The van der Waals surface area contributed by atoms with Crippen molar-refractivity contribution in [3.63, 3.8) is 0 Å². The molecule has 164 valence electrons. The standard InChI is InChI=1S/C20H26FN3O4S2/c21-18-10-5-4-7-15(18)13-16(22)14-29(25,26)20(19-11-6-12-23-19)24-30(27,28)17-8-2-1-3-9-17/h1-5,7-10,16,19-20,23-24H,6,11-14,22H2/t16?,19?,20-/m0/s1. The lowest BCUT2D eigenvalue weighted by Gasteiger charge is -2.26. The van der Waals surface area contributed by atoms with Crippen molar-refractivity contribution < 1.29 is 21.2 Å². The van der Waals surface area contributed by atoms with Gasteiger partial charge in [0.15, 0.2) is 9.84 Å². The minimum absolute atomic E-state index is 0.0150. The van der Waals surface area contributed by atoms with Crippen molar-refractivity contribution in [3.8, 4) is 0 Å². The monoisotopic (exact) mass is 455 g/mol. The van der Waals surface area contributed by atoms with Crippen LogP contribution in [0.25, 0.3) is 0 Å². The third-order valence-electron chi connectivity index (χ3n) is 5.06. The first-order valence-electron chi connectivity index (χ1n) is 9.70. The van der Waals surface area contributed by atoms with Gasteiger partial charge in [-0.05, 0) is 49.6 Å². The Bertz CT molecular complexity index is 1060. The van der Waals surface area contributed by atoms with Gasteiger partial charge in [-0.1, -0.05) is 36.4 Å². The number of nitrogens with one attached hydrogen (secondary N) is 2. The van der Waals surface area contributed by atoms with Crippen LogP contribution in [-0.2, 0) is 26.3 Å². The summed E-state index contributed by atoms with van der Waals surface area (Å²) in [4.78, 5) is -0.0150. The maximum absolute atomic E-state index is 13.9. The van der Waals surface area contributed by atoms with E-state index in [0.29, 0.717) is 18.5 Å². The highest BCUT2D eigenvalue weighted by molar-refractivity contribution is 7.94. The molecule has 2 aromatic carbocycles. The molecule has 1 heterocycles. The molecular formula is C20H26FN3O4S2. The Hall–Kier alpha value is -1.85. The number of hydrogen-bond acceptors (Lipinski definition) is 6. The van der Waals surface area contributed by atoms with E-state index in [4.69, 9.17) is 5.73 Å². The van der Waals surface area contributed by atoms with Crippen molar-refractivity contribution in [1.82, 2.24) is 10.0 Å². The van der Waals surface area contributed by atoms with Gasteiger partial charge in [-0.15, -0.1) is 0 Å². The fourth-order valence-electron chi connectivity index (χ4n) is 3.60. The Morgan fingerprint density at radius 3 is 2.37 bits per heavy atom. The van der Waals surface area contributed by atoms with Crippen LogP contribution in [0.3, 0.4) is 0 Å². The van der Waals surface area contributed by atoms with Gasteiger partial charge in [0, 0.05) is 12.1 Å². The van der Waals surface area contributed by atoms with Crippen LogP contribution in [0.2, 0.25) is 0 Å². The highest BCUT2D eigenvalue weighted by Crippen LogP contribution is 2.19. The summed E-state index contributed by atoms with van der Waals surface area (Å²) in [6.07, 6.45) is 1.29. The molecular weight excluding hydrogens is 429 g/mol. The molecule has 10 heteroatoms. The second kappa shape index (κ2) is 9.52. The van der Waals surface area contributed by atoms with E-state index in [1.165, 1.54) is 18.2 Å². The molecule has 0 amide bonds. The summed E-state index contributed by atoms with van der Waals surface area (Å²) < 4.78 is 68.2. The quantitative estimate of drug-likeness (QED) is 0.522. The summed E-state index contributed by atoms with van der Waals surface area (Å²) in [5.41, 5.74) is 6.35. The molecule has 1 fully saturated rings. The molecule has 3 rings (SSSR count). The molecule has 1 saturated heterocycles. The van der Waals surface area contributed by atoms with Crippen LogP contribution in [0.4, 0.5) is 4.39 Å². The molecule has 0 bridgehead atoms.